The molecule has 0 radical (unpaired) electrons. The molecule has 0 saturated carbocycles. The van der Waals surface area contributed by atoms with Gasteiger partial charge in [0.05, 0.1) is 0 Å². The zero-order valence-corrected chi connectivity index (χ0v) is 15.2. The van der Waals surface area contributed by atoms with Crippen LogP contribution >= 0.6 is 0 Å². The Morgan fingerprint density at radius 3 is 2.46 bits per heavy atom. The second kappa shape index (κ2) is 8.43. The molecule has 5 nitrogen and oxygen atoms in total. The van der Waals surface area contributed by atoms with Crippen molar-refractivity contribution in [1.82, 2.24) is 13.9 Å². The van der Waals surface area contributed by atoms with Gasteiger partial charge in [-0.3, -0.25) is 4.90 Å². The molecule has 2 saturated heterocycles. The molecule has 0 unspecified atom stereocenters. The highest BCUT2D eigenvalue weighted by molar-refractivity contribution is 7.87. The first-order valence-electron chi connectivity index (χ1n) is 9.18. The summed E-state index contributed by atoms with van der Waals surface area (Å²) in [6.07, 6.45) is 6.50. The van der Waals surface area contributed by atoms with Gasteiger partial charge in [0.1, 0.15) is 0 Å². The molecule has 0 amide bonds. The number of hydrogen-bond acceptors (Lipinski definition) is 3. The summed E-state index contributed by atoms with van der Waals surface area (Å²) in [5.74, 6) is 0. The lowest BCUT2D eigenvalue weighted by molar-refractivity contribution is 0.133. The molecule has 134 valence electrons. The minimum Gasteiger partial charge on any atom is -0.296 e. The molecule has 6 heteroatoms. The summed E-state index contributed by atoms with van der Waals surface area (Å²) in [4.78, 5) is 2.52. The Morgan fingerprint density at radius 2 is 1.71 bits per heavy atom. The fourth-order valence-electron chi connectivity index (χ4n) is 3.79. The number of nitrogens with zero attached hydrogens (tertiary/aromatic N) is 2. The molecular formula is C18H29N3O2S. The lowest BCUT2D eigenvalue weighted by Gasteiger charge is -2.36. The Morgan fingerprint density at radius 1 is 1.00 bits per heavy atom. The molecule has 0 bridgehead atoms. The highest BCUT2D eigenvalue weighted by Gasteiger charge is 2.26. The maximum Gasteiger partial charge on any atom is 0.279 e. The lowest BCUT2D eigenvalue weighted by Crippen LogP contribution is -2.43. The Bertz CT molecular complexity index is 600. The summed E-state index contributed by atoms with van der Waals surface area (Å²) in [5.41, 5.74) is 1.34. The van der Waals surface area contributed by atoms with Gasteiger partial charge in [0.25, 0.3) is 10.2 Å². The van der Waals surface area contributed by atoms with Crippen molar-refractivity contribution in [2.45, 2.75) is 51.1 Å². The van der Waals surface area contributed by atoms with Crippen LogP contribution in [0.15, 0.2) is 30.3 Å². The van der Waals surface area contributed by atoms with Crippen LogP contribution in [0.2, 0.25) is 0 Å². The Kier molecular flexibility index (Phi) is 6.27. The summed E-state index contributed by atoms with van der Waals surface area (Å²) >= 11 is 0. The van der Waals surface area contributed by atoms with Crippen molar-refractivity contribution in [3.05, 3.63) is 35.9 Å². The van der Waals surface area contributed by atoms with Crippen LogP contribution in [-0.2, 0) is 16.8 Å². The standard InChI is InChI=1S/C18H29N3O2S/c22-24(23,21-14-6-7-15-21)19-12-11-18-10-4-5-13-20(18)16-17-8-2-1-3-9-17/h1-3,8-9,18-19H,4-7,10-16H2/t18-/m1/s1. The van der Waals surface area contributed by atoms with Crippen molar-refractivity contribution >= 4 is 10.2 Å². The molecule has 2 heterocycles. The first-order chi connectivity index (χ1) is 11.6. The third-order valence-electron chi connectivity index (χ3n) is 5.14. The predicted octanol–water partition coefficient (Wildman–Crippen LogP) is 2.36. The fourth-order valence-corrected chi connectivity index (χ4v) is 5.08. The number of piperidine rings is 1. The third-order valence-corrected chi connectivity index (χ3v) is 6.76. The quantitative estimate of drug-likeness (QED) is 0.820. The van der Waals surface area contributed by atoms with Crippen LogP contribution in [0.25, 0.3) is 0 Å². The topological polar surface area (TPSA) is 52.7 Å². The molecule has 1 aromatic carbocycles. The molecule has 1 aromatic rings. The smallest absolute Gasteiger partial charge is 0.279 e. The van der Waals surface area contributed by atoms with Crippen molar-refractivity contribution in [1.29, 1.82) is 0 Å². The number of benzene rings is 1. The van der Waals surface area contributed by atoms with E-state index in [-0.39, 0.29) is 0 Å². The molecule has 1 atom stereocenters. The summed E-state index contributed by atoms with van der Waals surface area (Å²) in [5, 5.41) is 0. The predicted molar refractivity (Wildman–Crippen MR) is 96.8 cm³/mol. The van der Waals surface area contributed by atoms with Crippen LogP contribution in [0.5, 0.6) is 0 Å². The molecule has 1 N–H and O–H groups in total. The van der Waals surface area contributed by atoms with Gasteiger partial charge in [0.15, 0.2) is 0 Å². The normalized spacial score (nSPS) is 23.6. The van der Waals surface area contributed by atoms with Crippen molar-refractivity contribution < 1.29 is 8.42 Å². The highest BCUT2D eigenvalue weighted by Crippen LogP contribution is 2.22. The Hall–Kier alpha value is -0.950. The second-order valence-electron chi connectivity index (χ2n) is 6.90. The molecule has 2 aliphatic heterocycles. The SMILES string of the molecule is O=S(=O)(NCC[C@H]1CCCCN1Cc1ccccc1)N1CCCC1. The number of rotatable bonds is 7. The van der Waals surface area contributed by atoms with Crippen molar-refractivity contribution in [2.24, 2.45) is 0 Å². The first-order valence-corrected chi connectivity index (χ1v) is 10.6. The van der Waals surface area contributed by atoms with E-state index in [1.807, 2.05) is 6.07 Å². The van der Waals surface area contributed by atoms with Crippen LogP contribution in [0, 0.1) is 0 Å². The van der Waals surface area contributed by atoms with E-state index in [0.29, 0.717) is 25.7 Å². The monoisotopic (exact) mass is 351 g/mol. The van der Waals surface area contributed by atoms with Crippen molar-refractivity contribution in [3.8, 4) is 0 Å². The van der Waals surface area contributed by atoms with Crippen LogP contribution in [0.1, 0.15) is 44.1 Å². The average molecular weight is 352 g/mol. The highest BCUT2D eigenvalue weighted by atomic mass is 32.2. The van der Waals surface area contributed by atoms with E-state index in [9.17, 15) is 8.42 Å². The van der Waals surface area contributed by atoms with E-state index in [1.54, 1.807) is 4.31 Å². The average Bonchev–Trinajstić information content (AvgIpc) is 3.13. The van der Waals surface area contributed by atoms with Crippen molar-refractivity contribution in [2.75, 3.05) is 26.2 Å². The van der Waals surface area contributed by atoms with E-state index in [2.05, 4.69) is 33.9 Å². The van der Waals surface area contributed by atoms with Gasteiger partial charge in [-0.25, -0.2) is 4.72 Å². The van der Waals surface area contributed by atoms with Gasteiger partial charge in [0, 0.05) is 32.2 Å². The molecule has 2 fully saturated rings. The van der Waals surface area contributed by atoms with E-state index in [0.717, 1.165) is 38.8 Å². The van der Waals surface area contributed by atoms with Gasteiger partial charge in [-0.05, 0) is 44.2 Å². The van der Waals surface area contributed by atoms with E-state index in [4.69, 9.17) is 0 Å². The summed E-state index contributed by atoms with van der Waals surface area (Å²) in [6.45, 7) is 3.94. The zero-order chi connectivity index (χ0) is 16.8. The summed E-state index contributed by atoms with van der Waals surface area (Å²) < 4.78 is 28.9. The van der Waals surface area contributed by atoms with Crippen molar-refractivity contribution in [3.63, 3.8) is 0 Å². The Labute approximate surface area is 146 Å². The molecular weight excluding hydrogens is 322 g/mol. The number of hydrogen-bond donors (Lipinski definition) is 1. The maximum atomic E-state index is 12.2. The van der Waals surface area contributed by atoms with E-state index in [1.165, 1.54) is 18.4 Å². The lowest BCUT2D eigenvalue weighted by atomic mass is 9.98. The zero-order valence-electron chi connectivity index (χ0n) is 14.4. The maximum absolute atomic E-state index is 12.2. The largest absolute Gasteiger partial charge is 0.296 e. The molecule has 0 aliphatic carbocycles. The Balaban J connectivity index is 1.50. The number of likely N-dealkylation sites (tertiary alicyclic amines) is 1. The van der Waals surface area contributed by atoms with Gasteiger partial charge in [-0.2, -0.15) is 12.7 Å². The van der Waals surface area contributed by atoms with E-state index < -0.39 is 10.2 Å². The van der Waals surface area contributed by atoms with Crippen LogP contribution in [0.4, 0.5) is 0 Å². The second-order valence-corrected chi connectivity index (χ2v) is 8.66. The molecule has 3 rings (SSSR count). The summed E-state index contributed by atoms with van der Waals surface area (Å²) in [7, 11) is -3.27. The first kappa shape index (κ1) is 17.9. The van der Waals surface area contributed by atoms with Gasteiger partial charge in [0.2, 0.25) is 0 Å². The van der Waals surface area contributed by atoms with Gasteiger partial charge >= 0.3 is 0 Å². The van der Waals surface area contributed by atoms with E-state index >= 15 is 0 Å². The van der Waals surface area contributed by atoms with Gasteiger partial charge < -0.3 is 0 Å². The number of nitrogens with one attached hydrogen (secondary N) is 1. The van der Waals surface area contributed by atoms with Gasteiger partial charge in [-0.15, -0.1) is 0 Å². The minimum absolute atomic E-state index is 0.472. The van der Waals surface area contributed by atoms with Crippen LogP contribution in [-0.4, -0.2) is 49.8 Å². The third kappa shape index (κ3) is 4.79. The van der Waals surface area contributed by atoms with Gasteiger partial charge in [-0.1, -0.05) is 36.8 Å². The summed E-state index contributed by atoms with van der Waals surface area (Å²) in [6, 6.07) is 11.0. The molecule has 0 aromatic heterocycles. The van der Waals surface area contributed by atoms with Crippen LogP contribution in [0.3, 0.4) is 0 Å². The molecule has 24 heavy (non-hydrogen) atoms. The fraction of sp³-hybridized carbons (Fsp3) is 0.667. The minimum atomic E-state index is -3.27. The van der Waals surface area contributed by atoms with Crippen LogP contribution < -0.4 is 4.72 Å². The molecule has 2 aliphatic rings. The molecule has 0 spiro atoms.